The van der Waals surface area contributed by atoms with Crippen molar-refractivity contribution in [2.45, 2.75) is 46.1 Å². The van der Waals surface area contributed by atoms with Gasteiger partial charge in [0.05, 0.1) is 12.7 Å². The number of rotatable bonds is 2. The zero-order chi connectivity index (χ0) is 14.2. The lowest BCUT2D eigenvalue weighted by Crippen LogP contribution is -2.18. The highest BCUT2D eigenvalue weighted by atomic mass is 16.5. The minimum atomic E-state index is -0.307. The van der Waals surface area contributed by atoms with Crippen molar-refractivity contribution < 1.29 is 9.53 Å². The number of esters is 1. The molecule has 0 aliphatic heterocycles. The summed E-state index contributed by atoms with van der Waals surface area (Å²) in [5.41, 5.74) is 7.55. The molecular formula is C15H25NO2. The molecule has 0 heterocycles. The van der Waals surface area contributed by atoms with Crippen LogP contribution in [0.1, 0.15) is 56.5 Å². The van der Waals surface area contributed by atoms with E-state index in [4.69, 9.17) is 5.73 Å². The summed E-state index contributed by atoms with van der Waals surface area (Å²) in [6, 6.07) is 7.32. The Balaban J connectivity index is 0.000000659. The van der Waals surface area contributed by atoms with E-state index in [0.717, 1.165) is 18.4 Å². The summed E-state index contributed by atoms with van der Waals surface area (Å²) in [4.78, 5) is 11.1. The number of methoxy groups -OCH3 is 1. The Morgan fingerprint density at radius 2 is 1.56 bits per heavy atom. The molecule has 1 saturated carbocycles. The third-order valence-electron chi connectivity index (χ3n) is 2.67. The van der Waals surface area contributed by atoms with Gasteiger partial charge < -0.3 is 10.5 Å². The topological polar surface area (TPSA) is 52.3 Å². The van der Waals surface area contributed by atoms with Gasteiger partial charge in [-0.25, -0.2) is 4.79 Å². The lowest BCUT2D eigenvalue weighted by Gasteiger charge is -2.08. The van der Waals surface area contributed by atoms with E-state index < -0.39 is 0 Å². The van der Waals surface area contributed by atoms with E-state index in [1.165, 1.54) is 7.11 Å². The molecule has 2 N–H and O–H groups in total. The number of nitrogens with two attached hydrogens (primary N) is 1. The van der Waals surface area contributed by atoms with Crippen molar-refractivity contribution in [3.05, 3.63) is 35.4 Å². The third kappa shape index (κ3) is 4.15. The standard InChI is InChI=1S/C11H13NO2.2C2H6/c1-14-10(13)8-2-4-9(5-3-8)11(12)6-7-11;2*1-2/h2-5H,6-7,12H2,1H3;2*1-2H3. The van der Waals surface area contributed by atoms with Gasteiger partial charge in [0.15, 0.2) is 0 Å². The number of carbonyl (C=O) groups excluding carboxylic acids is 1. The second-order valence-corrected chi connectivity index (χ2v) is 3.73. The average Bonchev–Trinajstić information content (AvgIpc) is 3.22. The van der Waals surface area contributed by atoms with Crippen molar-refractivity contribution in [3.63, 3.8) is 0 Å². The van der Waals surface area contributed by atoms with Gasteiger partial charge in [0.1, 0.15) is 0 Å². The van der Waals surface area contributed by atoms with E-state index in [0.29, 0.717) is 5.56 Å². The Morgan fingerprint density at radius 1 is 1.11 bits per heavy atom. The molecule has 0 unspecified atom stereocenters. The fraction of sp³-hybridized carbons (Fsp3) is 0.533. The molecule has 1 aliphatic rings. The highest BCUT2D eigenvalue weighted by Gasteiger charge is 2.39. The second-order valence-electron chi connectivity index (χ2n) is 3.73. The molecule has 0 amide bonds. The third-order valence-corrected chi connectivity index (χ3v) is 2.67. The minimum absolute atomic E-state index is 0.130. The molecule has 1 fully saturated rings. The molecule has 3 nitrogen and oxygen atoms in total. The fourth-order valence-corrected chi connectivity index (χ4v) is 1.48. The van der Waals surface area contributed by atoms with Crippen molar-refractivity contribution in [2.75, 3.05) is 7.11 Å². The maximum Gasteiger partial charge on any atom is 0.337 e. The summed E-state index contributed by atoms with van der Waals surface area (Å²) in [5.74, 6) is -0.307. The molecule has 1 aromatic carbocycles. The van der Waals surface area contributed by atoms with E-state index in [2.05, 4.69) is 4.74 Å². The molecule has 2 rings (SSSR count). The average molecular weight is 251 g/mol. The molecule has 0 atom stereocenters. The first-order valence-electron chi connectivity index (χ1n) is 6.63. The van der Waals surface area contributed by atoms with Crippen LogP contribution in [0.25, 0.3) is 0 Å². The summed E-state index contributed by atoms with van der Waals surface area (Å²) in [7, 11) is 1.38. The molecule has 3 heteroatoms. The van der Waals surface area contributed by atoms with Gasteiger partial charge in [0, 0.05) is 5.54 Å². The number of hydrogen-bond acceptors (Lipinski definition) is 3. The number of ether oxygens (including phenoxy) is 1. The van der Waals surface area contributed by atoms with Crippen molar-refractivity contribution in [2.24, 2.45) is 5.73 Å². The highest BCUT2D eigenvalue weighted by molar-refractivity contribution is 5.89. The first kappa shape index (κ1) is 16.6. The van der Waals surface area contributed by atoms with Crippen LogP contribution in [-0.4, -0.2) is 13.1 Å². The number of carbonyl (C=O) groups is 1. The van der Waals surface area contributed by atoms with E-state index in [1.54, 1.807) is 12.1 Å². The number of hydrogen-bond donors (Lipinski definition) is 1. The predicted octanol–water partition coefficient (Wildman–Crippen LogP) is 3.47. The first-order chi connectivity index (χ1) is 8.65. The molecule has 0 radical (unpaired) electrons. The summed E-state index contributed by atoms with van der Waals surface area (Å²) in [6.07, 6.45) is 2.06. The maximum atomic E-state index is 11.1. The van der Waals surface area contributed by atoms with Gasteiger partial charge in [0.2, 0.25) is 0 Å². The Labute approximate surface area is 110 Å². The minimum Gasteiger partial charge on any atom is -0.465 e. The highest BCUT2D eigenvalue weighted by Crippen LogP contribution is 2.42. The second kappa shape index (κ2) is 7.88. The van der Waals surface area contributed by atoms with E-state index >= 15 is 0 Å². The van der Waals surface area contributed by atoms with Crippen LogP contribution in [0.2, 0.25) is 0 Å². The van der Waals surface area contributed by atoms with Gasteiger partial charge in [0.25, 0.3) is 0 Å². The van der Waals surface area contributed by atoms with Crippen molar-refractivity contribution in [1.29, 1.82) is 0 Å². The zero-order valence-electron chi connectivity index (χ0n) is 12.1. The van der Waals surface area contributed by atoms with Gasteiger partial charge in [-0.3, -0.25) is 0 Å². The van der Waals surface area contributed by atoms with Crippen LogP contribution in [0.3, 0.4) is 0 Å². The smallest absolute Gasteiger partial charge is 0.337 e. The van der Waals surface area contributed by atoms with Crippen LogP contribution < -0.4 is 5.73 Å². The normalized spacial score (nSPS) is 14.3. The summed E-state index contributed by atoms with van der Waals surface area (Å²) in [6.45, 7) is 8.00. The summed E-state index contributed by atoms with van der Waals surface area (Å²) < 4.78 is 4.61. The maximum absolute atomic E-state index is 11.1. The Kier molecular flexibility index (Phi) is 7.29. The van der Waals surface area contributed by atoms with Crippen LogP contribution in [0.5, 0.6) is 0 Å². The molecular weight excluding hydrogens is 226 g/mol. The molecule has 0 aromatic heterocycles. The van der Waals surface area contributed by atoms with Crippen LogP contribution in [-0.2, 0) is 10.3 Å². The molecule has 18 heavy (non-hydrogen) atoms. The van der Waals surface area contributed by atoms with Gasteiger partial charge in [-0.1, -0.05) is 39.8 Å². The van der Waals surface area contributed by atoms with E-state index in [-0.39, 0.29) is 11.5 Å². The first-order valence-corrected chi connectivity index (χ1v) is 6.63. The summed E-state index contributed by atoms with van der Waals surface area (Å²) >= 11 is 0. The van der Waals surface area contributed by atoms with Crippen molar-refractivity contribution in [3.8, 4) is 0 Å². The van der Waals surface area contributed by atoms with Crippen LogP contribution in [0.4, 0.5) is 0 Å². The molecule has 0 saturated heterocycles. The largest absolute Gasteiger partial charge is 0.465 e. The number of benzene rings is 1. The molecule has 0 bridgehead atoms. The quantitative estimate of drug-likeness (QED) is 0.819. The molecule has 1 aliphatic carbocycles. The lowest BCUT2D eigenvalue weighted by atomic mass is 10.0. The Hall–Kier alpha value is -1.35. The van der Waals surface area contributed by atoms with Gasteiger partial charge in [-0.05, 0) is 30.5 Å². The van der Waals surface area contributed by atoms with E-state index in [1.807, 2.05) is 39.8 Å². The predicted molar refractivity (Wildman–Crippen MR) is 75.6 cm³/mol. The van der Waals surface area contributed by atoms with Crippen LogP contribution >= 0.6 is 0 Å². The van der Waals surface area contributed by atoms with Crippen molar-refractivity contribution >= 4 is 5.97 Å². The Morgan fingerprint density at radius 3 is 1.89 bits per heavy atom. The Bertz CT molecular complexity index is 353. The molecule has 0 spiro atoms. The van der Waals surface area contributed by atoms with Crippen LogP contribution in [0.15, 0.2) is 24.3 Å². The van der Waals surface area contributed by atoms with Crippen molar-refractivity contribution in [1.82, 2.24) is 0 Å². The SMILES string of the molecule is CC.CC.COC(=O)c1ccc(C2(N)CC2)cc1. The zero-order valence-corrected chi connectivity index (χ0v) is 12.1. The van der Waals surface area contributed by atoms with Gasteiger partial charge in [-0.2, -0.15) is 0 Å². The lowest BCUT2D eigenvalue weighted by molar-refractivity contribution is 0.0600. The summed E-state index contributed by atoms with van der Waals surface area (Å²) in [5, 5.41) is 0. The fourth-order valence-electron chi connectivity index (χ4n) is 1.48. The molecule has 1 aromatic rings. The molecule has 102 valence electrons. The monoisotopic (exact) mass is 251 g/mol. The van der Waals surface area contributed by atoms with Gasteiger partial charge in [-0.15, -0.1) is 0 Å². The van der Waals surface area contributed by atoms with E-state index in [9.17, 15) is 4.79 Å². The van der Waals surface area contributed by atoms with Gasteiger partial charge >= 0.3 is 5.97 Å². The van der Waals surface area contributed by atoms with Crippen LogP contribution in [0, 0.1) is 0 Å².